The molecule has 0 bridgehead atoms. The minimum Gasteiger partial charge on any atom is -0.381 e. The Hall–Kier alpha value is -2.10. The van der Waals surface area contributed by atoms with Gasteiger partial charge in [-0.25, -0.2) is 4.39 Å². The molecule has 0 aliphatic rings. The number of nitrogens with one attached hydrogen (secondary N) is 1. The van der Waals surface area contributed by atoms with Gasteiger partial charge in [-0.3, -0.25) is 4.79 Å². The first-order valence-corrected chi connectivity index (χ1v) is 6.23. The van der Waals surface area contributed by atoms with Gasteiger partial charge in [-0.15, -0.1) is 0 Å². The van der Waals surface area contributed by atoms with Crippen molar-refractivity contribution in [3.8, 4) is 0 Å². The summed E-state index contributed by atoms with van der Waals surface area (Å²) in [4.78, 5) is 11.3. The summed E-state index contributed by atoms with van der Waals surface area (Å²) in [6.45, 7) is 1.98. The van der Waals surface area contributed by atoms with Gasteiger partial charge in [-0.05, 0) is 31.0 Å². The maximum Gasteiger partial charge on any atom is 0.250 e. The molecule has 1 aromatic heterocycles. The highest BCUT2D eigenvalue weighted by Gasteiger charge is 2.07. The monoisotopic (exact) mass is 260 g/mol. The molecule has 3 nitrogen and oxygen atoms in total. The molecule has 0 radical (unpaired) electrons. The van der Waals surface area contributed by atoms with Gasteiger partial charge in [0, 0.05) is 25.4 Å². The van der Waals surface area contributed by atoms with E-state index in [1.165, 1.54) is 16.7 Å². The first-order chi connectivity index (χ1) is 9.06. The first kappa shape index (κ1) is 13.3. The molecule has 1 heterocycles. The summed E-state index contributed by atoms with van der Waals surface area (Å²) in [5, 5.41) is 3.26. The van der Waals surface area contributed by atoms with Gasteiger partial charge >= 0.3 is 0 Å². The normalized spacial score (nSPS) is 12.2. The molecule has 0 aliphatic heterocycles. The zero-order chi connectivity index (χ0) is 13.8. The van der Waals surface area contributed by atoms with Crippen LogP contribution in [0.5, 0.6) is 0 Å². The number of anilines is 1. The molecule has 100 valence electrons. The fraction of sp³-hybridized carbons (Fsp3) is 0.267. The summed E-state index contributed by atoms with van der Waals surface area (Å²) in [6, 6.07) is 10.1. The van der Waals surface area contributed by atoms with Crippen LogP contribution in [0.2, 0.25) is 0 Å². The maximum absolute atomic E-state index is 13.5. The first-order valence-electron chi connectivity index (χ1n) is 6.23. The average Bonchev–Trinajstić information content (AvgIpc) is 2.37. The molecule has 0 aliphatic carbocycles. The Morgan fingerprint density at radius 3 is 2.68 bits per heavy atom. The van der Waals surface area contributed by atoms with E-state index >= 15 is 0 Å². The third kappa shape index (κ3) is 3.44. The maximum atomic E-state index is 13.5. The number of halogens is 1. The Bertz CT molecular complexity index is 622. The average molecular weight is 260 g/mol. The second kappa shape index (κ2) is 5.69. The molecule has 1 unspecified atom stereocenters. The molecule has 0 fully saturated rings. The quantitative estimate of drug-likeness (QED) is 0.916. The summed E-state index contributed by atoms with van der Waals surface area (Å²) < 4.78 is 15.0. The van der Waals surface area contributed by atoms with Crippen molar-refractivity contribution in [2.75, 3.05) is 5.32 Å². The predicted molar refractivity (Wildman–Crippen MR) is 74.9 cm³/mol. The molecule has 4 heteroatoms. The number of nitrogens with zero attached hydrogens (tertiary/aromatic N) is 1. The van der Waals surface area contributed by atoms with Crippen molar-refractivity contribution in [1.29, 1.82) is 0 Å². The molecule has 1 N–H and O–H groups in total. The molecule has 0 saturated heterocycles. The lowest BCUT2D eigenvalue weighted by Gasteiger charge is -2.16. The van der Waals surface area contributed by atoms with E-state index in [4.69, 9.17) is 0 Å². The van der Waals surface area contributed by atoms with Crippen LogP contribution in [0.4, 0.5) is 10.1 Å². The lowest BCUT2D eigenvalue weighted by molar-refractivity contribution is 0.601. The van der Waals surface area contributed by atoms with Gasteiger partial charge in [0.15, 0.2) is 0 Å². The number of pyridine rings is 1. The molecule has 2 rings (SSSR count). The zero-order valence-electron chi connectivity index (χ0n) is 11.1. The van der Waals surface area contributed by atoms with E-state index in [-0.39, 0.29) is 17.4 Å². The van der Waals surface area contributed by atoms with E-state index in [1.54, 1.807) is 31.4 Å². The summed E-state index contributed by atoms with van der Waals surface area (Å²) >= 11 is 0. The van der Waals surface area contributed by atoms with Crippen LogP contribution in [0, 0.1) is 5.82 Å². The highest BCUT2D eigenvalue weighted by atomic mass is 19.1. The van der Waals surface area contributed by atoms with Crippen molar-refractivity contribution in [2.45, 2.75) is 19.4 Å². The number of benzene rings is 1. The Labute approximate surface area is 111 Å². The van der Waals surface area contributed by atoms with Crippen LogP contribution in [0.25, 0.3) is 0 Å². The van der Waals surface area contributed by atoms with E-state index in [1.807, 2.05) is 13.0 Å². The van der Waals surface area contributed by atoms with Gasteiger partial charge in [0.2, 0.25) is 5.56 Å². The molecule has 1 aromatic carbocycles. The van der Waals surface area contributed by atoms with Crippen LogP contribution in [-0.2, 0) is 13.5 Å². The minimum atomic E-state index is -0.184. The van der Waals surface area contributed by atoms with Crippen molar-refractivity contribution in [1.82, 2.24) is 4.57 Å². The predicted octanol–water partition coefficient (Wildman–Crippen LogP) is 2.57. The second-order valence-corrected chi connectivity index (χ2v) is 4.71. The van der Waals surface area contributed by atoms with E-state index in [2.05, 4.69) is 5.32 Å². The van der Waals surface area contributed by atoms with Crippen molar-refractivity contribution in [3.63, 3.8) is 0 Å². The lowest BCUT2D eigenvalue weighted by atomic mass is 10.1. The van der Waals surface area contributed by atoms with Crippen LogP contribution in [0.15, 0.2) is 47.4 Å². The van der Waals surface area contributed by atoms with E-state index in [0.717, 1.165) is 5.69 Å². The van der Waals surface area contributed by atoms with Crippen LogP contribution < -0.4 is 10.9 Å². The van der Waals surface area contributed by atoms with Crippen LogP contribution in [0.1, 0.15) is 12.5 Å². The van der Waals surface area contributed by atoms with Gasteiger partial charge in [-0.2, -0.15) is 0 Å². The van der Waals surface area contributed by atoms with Crippen molar-refractivity contribution < 1.29 is 4.39 Å². The van der Waals surface area contributed by atoms with Gasteiger partial charge in [-0.1, -0.05) is 18.2 Å². The summed E-state index contributed by atoms with van der Waals surface area (Å²) in [5.74, 6) is -0.184. The van der Waals surface area contributed by atoms with Gasteiger partial charge in [0.1, 0.15) is 5.82 Å². The highest BCUT2D eigenvalue weighted by Crippen LogP contribution is 2.12. The van der Waals surface area contributed by atoms with Gasteiger partial charge in [0.25, 0.3) is 0 Å². The highest BCUT2D eigenvalue weighted by molar-refractivity contribution is 5.41. The van der Waals surface area contributed by atoms with Crippen molar-refractivity contribution in [3.05, 3.63) is 64.3 Å². The number of rotatable bonds is 4. The molecule has 0 saturated carbocycles. The Balaban J connectivity index is 2.05. The van der Waals surface area contributed by atoms with E-state index < -0.39 is 0 Å². The van der Waals surface area contributed by atoms with Crippen molar-refractivity contribution in [2.24, 2.45) is 7.05 Å². The smallest absolute Gasteiger partial charge is 0.250 e. The molecule has 2 aromatic rings. The SMILES string of the molecule is CC(Cc1ccccc1F)Nc1ccc(=O)n(C)c1. The van der Waals surface area contributed by atoms with Gasteiger partial charge in [0.05, 0.1) is 5.69 Å². The third-order valence-electron chi connectivity index (χ3n) is 2.98. The summed E-state index contributed by atoms with van der Waals surface area (Å²) in [6.07, 6.45) is 2.33. The van der Waals surface area contributed by atoms with Crippen LogP contribution >= 0.6 is 0 Å². The third-order valence-corrected chi connectivity index (χ3v) is 2.98. The molecule has 0 spiro atoms. The Morgan fingerprint density at radius 1 is 1.26 bits per heavy atom. The number of aryl methyl sites for hydroxylation is 1. The van der Waals surface area contributed by atoms with E-state index in [9.17, 15) is 9.18 Å². The lowest BCUT2D eigenvalue weighted by Crippen LogP contribution is -2.21. The minimum absolute atomic E-state index is 0.0488. The molecule has 0 amide bonds. The summed E-state index contributed by atoms with van der Waals surface area (Å²) in [5.41, 5.74) is 1.49. The Morgan fingerprint density at radius 2 is 2.00 bits per heavy atom. The molecular formula is C15H17FN2O. The second-order valence-electron chi connectivity index (χ2n) is 4.71. The van der Waals surface area contributed by atoms with Gasteiger partial charge < -0.3 is 9.88 Å². The summed E-state index contributed by atoms with van der Waals surface area (Å²) in [7, 11) is 1.70. The number of hydrogen-bond donors (Lipinski definition) is 1. The molecule has 1 atom stereocenters. The zero-order valence-corrected chi connectivity index (χ0v) is 11.1. The standard InChI is InChI=1S/C15H17FN2O/c1-11(9-12-5-3-4-6-14(12)16)17-13-7-8-15(19)18(2)10-13/h3-8,10-11,17H,9H2,1-2H3. The Kier molecular flexibility index (Phi) is 4.00. The fourth-order valence-electron chi connectivity index (χ4n) is 2.01. The van der Waals surface area contributed by atoms with Crippen LogP contribution in [0.3, 0.4) is 0 Å². The topological polar surface area (TPSA) is 34.0 Å². The number of hydrogen-bond acceptors (Lipinski definition) is 2. The van der Waals surface area contributed by atoms with E-state index in [0.29, 0.717) is 12.0 Å². The van der Waals surface area contributed by atoms with Crippen LogP contribution in [-0.4, -0.2) is 10.6 Å². The van der Waals surface area contributed by atoms with Crippen molar-refractivity contribution >= 4 is 5.69 Å². The largest absolute Gasteiger partial charge is 0.381 e. The molecular weight excluding hydrogens is 243 g/mol. The number of aromatic nitrogens is 1. The fourth-order valence-corrected chi connectivity index (χ4v) is 2.01. The molecule has 19 heavy (non-hydrogen) atoms.